The second-order valence-corrected chi connectivity index (χ2v) is 9.24. The molecule has 2 aromatic heterocycles. The predicted molar refractivity (Wildman–Crippen MR) is 137 cm³/mol. The Labute approximate surface area is 210 Å². The van der Waals surface area contributed by atoms with Crippen molar-refractivity contribution in [3.63, 3.8) is 0 Å². The molecular formula is C24H26N4O5S2. The van der Waals surface area contributed by atoms with Crippen LogP contribution in [0.4, 0.5) is 5.13 Å². The van der Waals surface area contributed by atoms with Gasteiger partial charge in [0.25, 0.3) is 11.1 Å². The van der Waals surface area contributed by atoms with E-state index in [0.29, 0.717) is 45.1 Å². The molecule has 3 aromatic rings. The number of nitrogens with one attached hydrogen (secondary N) is 1. The van der Waals surface area contributed by atoms with E-state index < -0.39 is 11.1 Å². The molecule has 11 heteroatoms. The number of aryl methyl sites for hydroxylation is 1. The van der Waals surface area contributed by atoms with Gasteiger partial charge in [0.05, 0.1) is 31.3 Å². The minimum Gasteiger partial charge on any atom is -0.496 e. The number of carbonyl (C=O) groups is 1. The number of ether oxygens (including phenoxy) is 2. The van der Waals surface area contributed by atoms with Crippen LogP contribution in [0.3, 0.4) is 0 Å². The number of aromatic nitrogens is 3. The van der Waals surface area contributed by atoms with Crippen LogP contribution >= 0.6 is 11.3 Å². The number of anilines is 1. The Morgan fingerprint density at radius 3 is 2.74 bits per heavy atom. The Hall–Kier alpha value is -3.41. The van der Waals surface area contributed by atoms with E-state index in [0.717, 1.165) is 22.6 Å². The largest absolute Gasteiger partial charge is 0.496 e. The quantitative estimate of drug-likeness (QED) is 0.289. The SMILES string of the molecule is C/C=C(\C=C/CCOc1nnc(NC(=O)c2cnc(C)cc2-c2ccccc2OC)s1)S(=O)OC. The van der Waals surface area contributed by atoms with Crippen molar-refractivity contribution in [3.05, 3.63) is 70.9 Å². The lowest BCUT2D eigenvalue weighted by Gasteiger charge is -2.13. The molecule has 35 heavy (non-hydrogen) atoms. The average molecular weight is 515 g/mol. The second-order valence-electron chi connectivity index (χ2n) is 7.03. The lowest BCUT2D eigenvalue weighted by atomic mass is 9.99. The summed E-state index contributed by atoms with van der Waals surface area (Å²) in [6, 6.07) is 9.33. The summed E-state index contributed by atoms with van der Waals surface area (Å²) in [6.45, 7) is 3.99. The Bertz CT molecular complexity index is 1260. The first kappa shape index (κ1) is 26.2. The van der Waals surface area contributed by atoms with Crippen LogP contribution in [0, 0.1) is 6.92 Å². The van der Waals surface area contributed by atoms with Gasteiger partial charge in [-0.3, -0.25) is 19.3 Å². The Kier molecular flexibility index (Phi) is 9.65. The molecule has 3 rings (SSSR count). The van der Waals surface area contributed by atoms with Crippen molar-refractivity contribution in [1.29, 1.82) is 0 Å². The molecule has 2 heterocycles. The molecule has 0 bridgehead atoms. The molecule has 9 nitrogen and oxygen atoms in total. The van der Waals surface area contributed by atoms with Crippen LogP contribution in [0.25, 0.3) is 11.1 Å². The number of hydrogen-bond donors (Lipinski definition) is 1. The van der Waals surface area contributed by atoms with Gasteiger partial charge in [0.15, 0.2) is 11.1 Å². The van der Waals surface area contributed by atoms with Crippen molar-refractivity contribution in [2.24, 2.45) is 0 Å². The van der Waals surface area contributed by atoms with E-state index in [2.05, 4.69) is 20.5 Å². The summed E-state index contributed by atoms with van der Waals surface area (Å²) in [5.41, 5.74) is 2.65. The molecule has 0 saturated carbocycles. The smallest absolute Gasteiger partial charge is 0.295 e. The van der Waals surface area contributed by atoms with E-state index in [4.69, 9.17) is 13.7 Å². The number of hydrogen-bond acceptors (Lipinski definition) is 9. The second kappa shape index (κ2) is 12.9. The van der Waals surface area contributed by atoms with E-state index in [1.165, 1.54) is 13.3 Å². The number of carbonyl (C=O) groups excluding carboxylic acids is 1. The van der Waals surface area contributed by atoms with Gasteiger partial charge in [0, 0.05) is 23.0 Å². The molecule has 1 amide bonds. The van der Waals surface area contributed by atoms with E-state index in [1.54, 1.807) is 26.2 Å². The number of nitrogens with zero attached hydrogens (tertiary/aromatic N) is 3. The topological polar surface area (TPSA) is 113 Å². The molecule has 1 aromatic carbocycles. The highest BCUT2D eigenvalue weighted by atomic mass is 32.2. The van der Waals surface area contributed by atoms with E-state index in [9.17, 15) is 9.00 Å². The number of benzene rings is 1. The van der Waals surface area contributed by atoms with Crippen LogP contribution < -0.4 is 14.8 Å². The number of methoxy groups -OCH3 is 1. The molecule has 1 atom stereocenters. The molecule has 1 N–H and O–H groups in total. The summed E-state index contributed by atoms with van der Waals surface area (Å²) in [7, 11) is 2.97. The van der Waals surface area contributed by atoms with Gasteiger partial charge in [-0.15, -0.1) is 5.10 Å². The molecule has 0 aliphatic carbocycles. The van der Waals surface area contributed by atoms with Crippen LogP contribution in [0.5, 0.6) is 10.9 Å². The van der Waals surface area contributed by atoms with E-state index in [-0.39, 0.29) is 5.91 Å². The third-order valence-electron chi connectivity index (χ3n) is 4.73. The predicted octanol–water partition coefficient (Wildman–Crippen LogP) is 4.71. The molecule has 0 aliphatic rings. The van der Waals surface area contributed by atoms with E-state index >= 15 is 0 Å². The van der Waals surface area contributed by atoms with Gasteiger partial charge in [-0.1, -0.05) is 35.4 Å². The van der Waals surface area contributed by atoms with Crippen LogP contribution in [-0.2, 0) is 15.3 Å². The molecule has 0 saturated heterocycles. The van der Waals surface area contributed by atoms with Crippen LogP contribution in [0.2, 0.25) is 0 Å². The van der Waals surface area contributed by atoms with Crippen LogP contribution in [0.1, 0.15) is 29.4 Å². The lowest BCUT2D eigenvalue weighted by Crippen LogP contribution is -2.14. The third kappa shape index (κ3) is 7.04. The van der Waals surface area contributed by atoms with Crippen LogP contribution in [-0.4, -0.2) is 46.1 Å². The zero-order chi connectivity index (χ0) is 25.2. The zero-order valence-corrected chi connectivity index (χ0v) is 21.4. The van der Waals surface area contributed by atoms with Gasteiger partial charge in [0.1, 0.15) is 5.75 Å². The lowest BCUT2D eigenvalue weighted by molar-refractivity contribution is 0.102. The number of rotatable bonds is 11. The number of pyridine rings is 1. The minimum absolute atomic E-state index is 0.304. The standard InChI is InChI=1S/C24H26N4O5S2/c1-5-17(35(30)32-4)10-8-9-13-33-24-28-27-23(34-24)26-22(29)20-15-25-16(2)14-19(20)18-11-6-7-12-21(18)31-3/h5-8,10-12,14-15H,9,13H2,1-4H3,(H,26,27,29)/b10-8-,17-5+. The summed E-state index contributed by atoms with van der Waals surface area (Å²) >= 11 is -0.360. The first-order valence-corrected chi connectivity index (χ1v) is 12.5. The van der Waals surface area contributed by atoms with Gasteiger partial charge in [-0.25, -0.2) is 4.21 Å². The minimum atomic E-state index is -1.48. The summed E-state index contributed by atoms with van der Waals surface area (Å²) in [4.78, 5) is 17.9. The first-order chi connectivity index (χ1) is 17.0. The highest BCUT2D eigenvalue weighted by molar-refractivity contribution is 7.84. The van der Waals surface area contributed by atoms with Crippen molar-refractivity contribution >= 4 is 33.5 Å². The molecule has 0 radical (unpaired) electrons. The van der Waals surface area contributed by atoms with Crippen molar-refractivity contribution in [1.82, 2.24) is 15.2 Å². The highest BCUT2D eigenvalue weighted by Gasteiger charge is 2.18. The maximum atomic E-state index is 13.1. The normalized spacial score (nSPS) is 12.5. The van der Waals surface area contributed by atoms with Crippen molar-refractivity contribution in [2.45, 2.75) is 20.3 Å². The van der Waals surface area contributed by atoms with Crippen molar-refractivity contribution in [3.8, 4) is 22.1 Å². The first-order valence-electron chi connectivity index (χ1n) is 10.6. The monoisotopic (exact) mass is 514 g/mol. The Morgan fingerprint density at radius 1 is 1.20 bits per heavy atom. The fourth-order valence-electron chi connectivity index (χ4n) is 3.07. The number of allylic oxidation sites excluding steroid dienone is 2. The molecule has 0 fully saturated rings. The van der Waals surface area contributed by atoms with Gasteiger partial charge in [-0.2, -0.15) is 0 Å². The van der Waals surface area contributed by atoms with Gasteiger partial charge in [0.2, 0.25) is 5.13 Å². The third-order valence-corrected chi connectivity index (χ3v) is 6.54. The fourth-order valence-corrected chi connectivity index (χ4v) is 4.28. The summed E-state index contributed by atoms with van der Waals surface area (Å²) in [6.07, 6.45) is 7.38. The Balaban J connectivity index is 1.64. The maximum Gasteiger partial charge on any atom is 0.295 e. The number of amides is 1. The molecule has 0 aliphatic heterocycles. The summed E-state index contributed by atoms with van der Waals surface area (Å²) < 4.78 is 27.5. The molecule has 1 unspecified atom stereocenters. The summed E-state index contributed by atoms with van der Waals surface area (Å²) in [5.74, 6) is 0.289. The van der Waals surface area contributed by atoms with Gasteiger partial charge in [-0.05, 0) is 49.8 Å². The van der Waals surface area contributed by atoms with Gasteiger partial charge < -0.3 is 9.47 Å². The zero-order valence-electron chi connectivity index (χ0n) is 19.8. The summed E-state index contributed by atoms with van der Waals surface area (Å²) in [5, 5.41) is 11.4. The Morgan fingerprint density at radius 2 is 2.00 bits per heavy atom. The van der Waals surface area contributed by atoms with Crippen molar-refractivity contribution in [2.75, 3.05) is 26.1 Å². The van der Waals surface area contributed by atoms with E-state index in [1.807, 2.05) is 43.3 Å². The van der Waals surface area contributed by atoms with Gasteiger partial charge >= 0.3 is 0 Å². The maximum absolute atomic E-state index is 13.1. The fraction of sp³-hybridized carbons (Fsp3) is 0.250. The van der Waals surface area contributed by atoms with Crippen molar-refractivity contribution < 1.29 is 22.7 Å². The molecule has 184 valence electrons. The molecular weight excluding hydrogens is 488 g/mol. The molecule has 0 spiro atoms. The average Bonchev–Trinajstić information content (AvgIpc) is 3.32. The number of para-hydroxylation sites is 1. The van der Waals surface area contributed by atoms with Crippen LogP contribution in [0.15, 0.2) is 59.7 Å². The highest BCUT2D eigenvalue weighted by Crippen LogP contribution is 2.33.